The second-order valence-electron chi connectivity index (χ2n) is 14.7. The van der Waals surface area contributed by atoms with Crippen LogP contribution in [0.15, 0.2) is 97.1 Å². The minimum Gasteiger partial charge on any atom is -0.454 e. The van der Waals surface area contributed by atoms with Crippen molar-refractivity contribution in [3.8, 4) is 0 Å². The van der Waals surface area contributed by atoms with Crippen LogP contribution in [0.5, 0.6) is 0 Å². The number of hydrogen-bond donors (Lipinski definition) is 4. The van der Waals surface area contributed by atoms with Crippen LogP contribution in [0.1, 0.15) is 93.5 Å². The summed E-state index contributed by atoms with van der Waals surface area (Å²) >= 11 is 2.19. The van der Waals surface area contributed by atoms with Crippen molar-refractivity contribution in [2.75, 3.05) is 19.7 Å². The van der Waals surface area contributed by atoms with Gasteiger partial charge in [0.25, 0.3) is 5.91 Å². The molecule has 0 radical (unpaired) electrons. The molecule has 318 valence electrons. The Bertz CT molecular complexity index is 2020. The first kappa shape index (κ1) is 47.1. The highest BCUT2D eigenvalue weighted by molar-refractivity contribution is 14.1. The third-order valence-corrected chi connectivity index (χ3v) is 10.5. The highest BCUT2D eigenvalue weighted by atomic mass is 127. The fourth-order valence-electron chi connectivity index (χ4n) is 6.65. The van der Waals surface area contributed by atoms with Crippen molar-refractivity contribution in [3.05, 3.63) is 140 Å². The van der Waals surface area contributed by atoms with E-state index in [1.165, 1.54) is 0 Å². The van der Waals surface area contributed by atoms with Gasteiger partial charge in [-0.3, -0.25) is 19.2 Å². The van der Waals surface area contributed by atoms with Crippen molar-refractivity contribution >= 4 is 58.2 Å². The molecule has 2 atom stereocenters. The lowest BCUT2D eigenvalue weighted by atomic mass is 10.00. The number of amides is 4. The van der Waals surface area contributed by atoms with Gasteiger partial charge in [0.15, 0.2) is 12.4 Å². The average Bonchev–Trinajstić information content (AvgIpc) is 3.23. The van der Waals surface area contributed by atoms with E-state index < -0.39 is 42.4 Å². The zero-order chi connectivity index (χ0) is 43.3. The van der Waals surface area contributed by atoms with Gasteiger partial charge in [-0.1, -0.05) is 84.8 Å². The Morgan fingerprint density at radius 1 is 0.650 bits per heavy atom. The monoisotopic (exact) mass is 930 g/mol. The van der Waals surface area contributed by atoms with Crippen molar-refractivity contribution in [2.45, 2.75) is 90.8 Å². The first-order chi connectivity index (χ1) is 28.9. The van der Waals surface area contributed by atoms with E-state index in [1.54, 1.807) is 26.0 Å². The number of halogens is 1. The summed E-state index contributed by atoms with van der Waals surface area (Å²) < 4.78 is 12.0. The summed E-state index contributed by atoms with van der Waals surface area (Å²) in [5, 5.41) is 11.3. The fourth-order valence-corrected chi connectivity index (χ4v) is 7.01. The normalized spacial score (nSPS) is 11.7. The highest BCUT2D eigenvalue weighted by Crippen LogP contribution is 2.18. The van der Waals surface area contributed by atoms with Gasteiger partial charge in [-0.25, -0.2) is 9.59 Å². The van der Waals surface area contributed by atoms with E-state index >= 15 is 0 Å². The summed E-state index contributed by atoms with van der Waals surface area (Å²) in [4.78, 5) is 78.5. The average molecular weight is 931 g/mol. The molecule has 0 aliphatic rings. The molecule has 4 aromatic carbocycles. The molecule has 0 fully saturated rings. The van der Waals surface area contributed by atoms with Crippen LogP contribution in [0, 0.1) is 24.3 Å². The van der Waals surface area contributed by atoms with Gasteiger partial charge >= 0.3 is 12.1 Å². The maximum atomic E-state index is 13.9. The van der Waals surface area contributed by atoms with E-state index in [0.29, 0.717) is 49.9 Å². The number of Topliss-reactive ketones (excluding diaryl/α,β-unsaturated/α-hetero) is 1. The number of aryl methyl sites for hydroxylation is 3. The number of ketones is 1. The highest BCUT2D eigenvalue weighted by Gasteiger charge is 2.28. The molecule has 4 N–H and O–H groups in total. The zero-order valence-electron chi connectivity index (χ0n) is 34.5. The zero-order valence-corrected chi connectivity index (χ0v) is 36.7. The number of carbonyl (C=O) groups excluding carboxylic acids is 6. The van der Waals surface area contributed by atoms with Gasteiger partial charge in [0.2, 0.25) is 11.8 Å². The van der Waals surface area contributed by atoms with Crippen LogP contribution in [0.2, 0.25) is 0 Å². The number of benzene rings is 4. The number of ether oxygens (including phenoxy) is 2. The molecule has 0 heterocycles. The minimum atomic E-state index is -1.09. The SMILES string of the molecule is Cc1cc(C)c(C(=O)OCC(=O)[C@H](CCCCNC(=O)CCCCCNC(=O)c2ccc(I)cc2)NC(=O)[C@H](Cc2ccccc2)NC(=O)OCc2ccccc2)c(C)c1. The smallest absolute Gasteiger partial charge is 0.408 e. The topological polar surface area (TPSA) is 169 Å². The Hall–Kier alpha value is -5.57. The number of hydrogen-bond acceptors (Lipinski definition) is 8. The molecular formula is C47H55IN4O8. The number of nitrogens with one attached hydrogen (secondary N) is 4. The summed E-state index contributed by atoms with van der Waals surface area (Å²) in [5.41, 5.74) is 5.01. The van der Waals surface area contributed by atoms with E-state index in [-0.39, 0.29) is 31.3 Å². The molecule has 4 rings (SSSR count). The van der Waals surface area contributed by atoms with Gasteiger partial charge in [0, 0.05) is 35.1 Å². The maximum absolute atomic E-state index is 13.9. The predicted molar refractivity (Wildman–Crippen MR) is 238 cm³/mol. The van der Waals surface area contributed by atoms with Crippen LogP contribution in [0.25, 0.3) is 0 Å². The standard InChI is InChI=1S/C47H55IN4O8/c1-32-27-33(2)43(34(3)28-32)46(57)59-31-41(53)39(19-12-14-25-49-42(54)20-11-6-13-26-50-44(55)37-21-23-38(48)24-22-37)51-45(56)40(29-35-15-7-4-8-16-35)52-47(58)60-30-36-17-9-5-10-18-36/h4-5,7-10,15-18,21-24,27-28,39-40H,6,11-14,19-20,25-26,29-31H2,1-3H3,(H,49,54)(H,50,55)(H,51,56)(H,52,58)/t39-,40-/m0/s1. The minimum absolute atomic E-state index is 0.00372. The number of esters is 1. The molecule has 0 saturated carbocycles. The van der Waals surface area contributed by atoms with Crippen LogP contribution in [0.4, 0.5) is 4.79 Å². The Kier molecular flexibility index (Phi) is 19.7. The summed E-state index contributed by atoms with van der Waals surface area (Å²) in [6.45, 7) is 5.86. The van der Waals surface area contributed by atoms with Crippen LogP contribution in [-0.2, 0) is 36.9 Å². The molecule has 12 nitrogen and oxygen atoms in total. The van der Waals surface area contributed by atoms with Crippen molar-refractivity contribution < 1.29 is 38.2 Å². The number of rotatable bonds is 23. The summed E-state index contributed by atoms with van der Waals surface area (Å²) in [6.07, 6.45) is 3.06. The van der Waals surface area contributed by atoms with Crippen LogP contribution in [-0.4, -0.2) is 67.3 Å². The summed E-state index contributed by atoms with van der Waals surface area (Å²) in [5.74, 6) is -1.97. The fraction of sp³-hybridized carbons (Fsp3) is 0.362. The van der Waals surface area contributed by atoms with Gasteiger partial charge in [-0.05, 0) is 122 Å². The Morgan fingerprint density at radius 3 is 1.93 bits per heavy atom. The van der Waals surface area contributed by atoms with E-state index in [4.69, 9.17) is 9.47 Å². The molecule has 0 aliphatic carbocycles. The first-order valence-corrected chi connectivity index (χ1v) is 21.4. The van der Waals surface area contributed by atoms with Gasteiger partial charge < -0.3 is 30.7 Å². The van der Waals surface area contributed by atoms with Crippen LogP contribution in [0.3, 0.4) is 0 Å². The largest absolute Gasteiger partial charge is 0.454 e. The quantitative estimate of drug-likeness (QED) is 0.0343. The maximum Gasteiger partial charge on any atom is 0.408 e. The van der Waals surface area contributed by atoms with Gasteiger partial charge in [-0.2, -0.15) is 0 Å². The van der Waals surface area contributed by atoms with Crippen molar-refractivity contribution in [2.24, 2.45) is 0 Å². The van der Waals surface area contributed by atoms with Gasteiger partial charge in [0.05, 0.1) is 11.6 Å². The first-order valence-electron chi connectivity index (χ1n) is 20.3. The molecule has 4 amide bonds. The number of unbranched alkanes of at least 4 members (excludes halogenated alkanes) is 3. The predicted octanol–water partition coefficient (Wildman–Crippen LogP) is 7.24. The molecular weight excluding hydrogens is 875 g/mol. The Labute approximate surface area is 366 Å². The second-order valence-corrected chi connectivity index (χ2v) is 16.0. The molecule has 0 unspecified atom stereocenters. The lowest BCUT2D eigenvalue weighted by Gasteiger charge is -2.23. The van der Waals surface area contributed by atoms with E-state index in [9.17, 15) is 28.8 Å². The van der Waals surface area contributed by atoms with Gasteiger partial charge in [-0.15, -0.1) is 0 Å². The molecule has 0 spiro atoms. The third-order valence-electron chi connectivity index (χ3n) is 9.75. The molecule has 0 aliphatic heterocycles. The van der Waals surface area contributed by atoms with Crippen LogP contribution < -0.4 is 21.3 Å². The molecule has 0 bridgehead atoms. The lowest BCUT2D eigenvalue weighted by Crippen LogP contribution is -2.53. The van der Waals surface area contributed by atoms with Crippen molar-refractivity contribution in [3.63, 3.8) is 0 Å². The summed E-state index contributed by atoms with van der Waals surface area (Å²) in [6, 6.07) is 27.2. The lowest BCUT2D eigenvalue weighted by molar-refractivity contribution is -0.130. The van der Waals surface area contributed by atoms with E-state index in [1.807, 2.05) is 91.9 Å². The number of alkyl carbamates (subject to hydrolysis) is 1. The van der Waals surface area contributed by atoms with E-state index in [0.717, 1.165) is 44.2 Å². The Morgan fingerprint density at radius 2 is 1.27 bits per heavy atom. The molecule has 13 heteroatoms. The summed E-state index contributed by atoms with van der Waals surface area (Å²) in [7, 11) is 0. The van der Waals surface area contributed by atoms with Crippen molar-refractivity contribution in [1.29, 1.82) is 0 Å². The molecule has 4 aromatic rings. The van der Waals surface area contributed by atoms with E-state index in [2.05, 4.69) is 43.9 Å². The van der Waals surface area contributed by atoms with Crippen LogP contribution >= 0.6 is 22.6 Å². The third kappa shape index (κ3) is 16.6. The number of carbonyl (C=O) groups is 6. The second kappa shape index (κ2) is 25.1. The molecule has 0 aromatic heterocycles. The molecule has 60 heavy (non-hydrogen) atoms. The Balaban J connectivity index is 1.30. The molecule has 0 saturated heterocycles. The van der Waals surface area contributed by atoms with Gasteiger partial charge in [0.1, 0.15) is 12.6 Å². The van der Waals surface area contributed by atoms with Crippen molar-refractivity contribution in [1.82, 2.24) is 21.3 Å².